The molecule has 0 fully saturated rings. The number of nitrogens with one attached hydrogen (secondary N) is 2. The van der Waals surface area contributed by atoms with Crippen LogP contribution in [0.5, 0.6) is 5.75 Å². The lowest BCUT2D eigenvalue weighted by atomic mass is 10.2. The molecule has 0 aliphatic carbocycles. The largest absolute Gasteiger partial charge is 0.492 e. The van der Waals surface area contributed by atoms with Gasteiger partial charge >= 0.3 is 0 Å². The molecule has 0 atom stereocenters. The molecule has 0 aromatic heterocycles. The molecule has 1 aromatic rings. The van der Waals surface area contributed by atoms with E-state index in [-0.39, 0.29) is 17.6 Å². The number of likely N-dealkylation sites (N-methyl/N-ethyl adjacent to an activating group) is 1. The molecule has 0 bridgehead atoms. The van der Waals surface area contributed by atoms with Gasteiger partial charge in [0.15, 0.2) is 5.96 Å². The van der Waals surface area contributed by atoms with E-state index in [1.807, 2.05) is 25.8 Å². The second-order valence-electron chi connectivity index (χ2n) is 5.64. The Morgan fingerprint density at radius 1 is 1.25 bits per heavy atom. The molecule has 1 aromatic carbocycles. The maximum Gasteiger partial charge on any atom is 0.222 e. The topological polar surface area (TPSA) is 66.0 Å². The summed E-state index contributed by atoms with van der Waals surface area (Å²) in [6.45, 7) is 5.92. The van der Waals surface area contributed by atoms with Crippen LogP contribution in [0.2, 0.25) is 0 Å². The average Bonchev–Trinajstić information content (AvgIpc) is 2.56. The minimum absolute atomic E-state index is 0.0180. The highest BCUT2D eigenvalue weighted by Gasteiger charge is 2.07. The van der Waals surface area contributed by atoms with E-state index in [4.69, 9.17) is 4.74 Å². The maximum atomic E-state index is 12.8. The molecule has 0 saturated carbocycles. The SMILES string of the molecule is CN=C(NCCNC(=O)C(C)C)N(C)CCOc1ccc(F)cc1. The van der Waals surface area contributed by atoms with E-state index >= 15 is 0 Å². The standard InChI is InChI=1S/C17H27FN4O2/c1-13(2)16(23)20-9-10-21-17(19-3)22(4)11-12-24-15-7-5-14(18)6-8-15/h5-8,13H,9-12H2,1-4H3,(H,19,21)(H,20,23). The molecule has 0 heterocycles. The summed E-state index contributed by atoms with van der Waals surface area (Å²) in [7, 11) is 3.60. The van der Waals surface area contributed by atoms with Gasteiger partial charge in [-0.1, -0.05) is 13.8 Å². The third kappa shape index (κ3) is 7.30. The zero-order chi connectivity index (χ0) is 17.9. The van der Waals surface area contributed by atoms with Crippen molar-refractivity contribution in [2.75, 3.05) is 40.3 Å². The summed E-state index contributed by atoms with van der Waals surface area (Å²) >= 11 is 0. The Balaban J connectivity index is 2.27. The summed E-state index contributed by atoms with van der Waals surface area (Å²) in [6, 6.07) is 5.93. The fourth-order valence-electron chi connectivity index (χ4n) is 1.89. The van der Waals surface area contributed by atoms with Crippen LogP contribution in [-0.2, 0) is 4.79 Å². The molecule has 2 N–H and O–H groups in total. The number of amides is 1. The maximum absolute atomic E-state index is 12.8. The van der Waals surface area contributed by atoms with Gasteiger partial charge in [0.1, 0.15) is 18.2 Å². The fraction of sp³-hybridized carbons (Fsp3) is 0.529. The van der Waals surface area contributed by atoms with Gasteiger partial charge in [-0.05, 0) is 24.3 Å². The third-order valence-corrected chi connectivity index (χ3v) is 3.31. The number of carbonyl (C=O) groups is 1. The number of halogens is 1. The van der Waals surface area contributed by atoms with Gasteiger partial charge in [0, 0.05) is 33.1 Å². The van der Waals surface area contributed by atoms with E-state index in [1.165, 1.54) is 12.1 Å². The molecule has 0 radical (unpaired) electrons. The second-order valence-corrected chi connectivity index (χ2v) is 5.64. The first-order valence-electron chi connectivity index (χ1n) is 8.02. The molecule has 0 spiro atoms. The number of benzene rings is 1. The van der Waals surface area contributed by atoms with Gasteiger partial charge in [0.25, 0.3) is 0 Å². The van der Waals surface area contributed by atoms with Crippen molar-refractivity contribution in [2.24, 2.45) is 10.9 Å². The van der Waals surface area contributed by atoms with Gasteiger partial charge in [0.2, 0.25) is 5.91 Å². The van der Waals surface area contributed by atoms with Crippen LogP contribution in [-0.4, -0.2) is 57.1 Å². The first-order valence-corrected chi connectivity index (χ1v) is 8.02. The van der Waals surface area contributed by atoms with Crippen LogP contribution in [0, 0.1) is 11.7 Å². The normalized spacial score (nSPS) is 11.3. The van der Waals surface area contributed by atoms with E-state index in [1.54, 1.807) is 19.2 Å². The van der Waals surface area contributed by atoms with Gasteiger partial charge in [-0.2, -0.15) is 0 Å². The Hall–Kier alpha value is -2.31. The van der Waals surface area contributed by atoms with E-state index in [0.717, 1.165) is 5.96 Å². The van der Waals surface area contributed by atoms with Gasteiger partial charge in [0.05, 0.1) is 6.54 Å². The Labute approximate surface area is 143 Å². The van der Waals surface area contributed by atoms with Crippen LogP contribution in [0.15, 0.2) is 29.3 Å². The fourth-order valence-corrected chi connectivity index (χ4v) is 1.89. The first kappa shape index (κ1) is 19.7. The van der Waals surface area contributed by atoms with E-state index in [2.05, 4.69) is 15.6 Å². The zero-order valence-electron chi connectivity index (χ0n) is 14.8. The van der Waals surface area contributed by atoms with Crippen LogP contribution in [0.4, 0.5) is 4.39 Å². The van der Waals surface area contributed by atoms with Crippen molar-refractivity contribution in [3.63, 3.8) is 0 Å². The van der Waals surface area contributed by atoms with Gasteiger partial charge in [-0.3, -0.25) is 9.79 Å². The summed E-state index contributed by atoms with van der Waals surface area (Å²) < 4.78 is 18.4. The highest BCUT2D eigenvalue weighted by atomic mass is 19.1. The Morgan fingerprint density at radius 3 is 2.46 bits per heavy atom. The Morgan fingerprint density at radius 2 is 1.88 bits per heavy atom. The van der Waals surface area contributed by atoms with Gasteiger partial charge in [-0.25, -0.2) is 4.39 Å². The monoisotopic (exact) mass is 338 g/mol. The molecular formula is C17H27FN4O2. The third-order valence-electron chi connectivity index (χ3n) is 3.31. The molecule has 24 heavy (non-hydrogen) atoms. The van der Waals surface area contributed by atoms with Gasteiger partial charge in [-0.15, -0.1) is 0 Å². The second kappa shape index (κ2) is 10.5. The molecule has 0 unspecified atom stereocenters. The predicted molar refractivity (Wildman–Crippen MR) is 93.7 cm³/mol. The van der Waals surface area contributed by atoms with E-state index in [0.29, 0.717) is 32.0 Å². The Bertz CT molecular complexity index is 532. The molecule has 0 aliphatic rings. The summed E-state index contributed by atoms with van der Waals surface area (Å²) in [5.41, 5.74) is 0. The lowest BCUT2D eigenvalue weighted by Crippen LogP contribution is -2.44. The molecule has 1 amide bonds. The van der Waals surface area contributed by atoms with Crippen molar-refractivity contribution in [3.8, 4) is 5.75 Å². The van der Waals surface area contributed by atoms with Crippen molar-refractivity contribution < 1.29 is 13.9 Å². The lowest BCUT2D eigenvalue weighted by Gasteiger charge is -2.22. The first-order chi connectivity index (χ1) is 11.4. The molecule has 0 aliphatic heterocycles. The zero-order valence-corrected chi connectivity index (χ0v) is 14.8. The summed E-state index contributed by atoms with van der Waals surface area (Å²) in [4.78, 5) is 17.6. The van der Waals surface area contributed by atoms with Crippen LogP contribution in [0.1, 0.15) is 13.8 Å². The molecule has 7 heteroatoms. The van der Waals surface area contributed by atoms with Crippen molar-refractivity contribution in [1.29, 1.82) is 0 Å². The van der Waals surface area contributed by atoms with Crippen molar-refractivity contribution in [1.82, 2.24) is 15.5 Å². The number of ether oxygens (including phenoxy) is 1. The Kier molecular flexibility index (Phi) is 8.60. The van der Waals surface area contributed by atoms with E-state index < -0.39 is 0 Å². The lowest BCUT2D eigenvalue weighted by molar-refractivity contribution is -0.123. The summed E-state index contributed by atoms with van der Waals surface area (Å²) in [6.07, 6.45) is 0. The molecule has 1 rings (SSSR count). The minimum atomic E-state index is -0.284. The van der Waals surface area contributed by atoms with Gasteiger partial charge < -0.3 is 20.3 Å². The smallest absolute Gasteiger partial charge is 0.222 e. The van der Waals surface area contributed by atoms with Crippen molar-refractivity contribution >= 4 is 11.9 Å². The minimum Gasteiger partial charge on any atom is -0.492 e. The molecule has 6 nitrogen and oxygen atoms in total. The number of guanidine groups is 1. The van der Waals surface area contributed by atoms with Crippen molar-refractivity contribution in [2.45, 2.75) is 13.8 Å². The number of aliphatic imine (C=N–C) groups is 1. The molecule has 134 valence electrons. The highest BCUT2D eigenvalue weighted by Crippen LogP contribution is 2.10. The number of carbonyl (C=O) groups excluding carboxylic acids is 1. The van der Waals surface area contributed by atoms with Crippen LogP contribution in [0.3, 0.4) is 0 Å². The average molecular weight is 338 g/mol. The number of rotatable bonds is 8. The number of nitrogens with zero attached hydrogens (tertiary/aromatic N) is 2. The van der Waals surface area contributed by atoms with Crippen LogP contribution in [0.25, 0.3) is 0 Å². The van der Waals surface area contributed by atoms with Crippen LogP contribution < -0.4 is 15.4 Å². The molecular weight excluding hydrogens is 311 g/mol. The van der Waals surface area contributed by atoms with E-state index in [9.17, 15) is 9.18 Å². The quantitative estimate of drug-likeness (QED) is 0.428. The predicted octanol–water partition coefficient (Wildman–Crippen LogP) is 1.48. The molecule has 0 saturated heterocycles. The summed E-state index contributed by atoms with van der Waals surface area (Å²) in [5, 5.41) is 6.02. The number of hydrogen-bond acceptors (Lipinski definition) is 3. The summed E-state index contributed by atoms with van der Waals surface area (Å²) in [5.74, 6) is 1.08. The number of hydrogen-bond donors (Lipinski definition) is 2. The van der Waals surface area contributed by atoms with Crippen molar-refractivity contribution in [3.05, 3.63) is 30.1 Å². The highest BCUT2D eigenvalue weighted by molar-refractivity contribution is 5.80. The van der Waals surface area contributed by atoms with Crippen LogP contribution >= 0.6 is 0 Å².